The molecule has 2 heterocycles. The van der Waals surface area contributed by atoms with Crippen molar-refractivity contribution in [3.63, 3.8) is 0 Å². The molecule has 130 valence electrons. The number of nitrogens with one attached hydrogen (secondary N) is 1. The van der Waals surface area contributed by atoms with E-state index < -0.39 is 22.1 Å². The third-order valence-electron chi connectivity index (χ3n) is 4.62. The summed E-state index contributed by atoms with van der Waals surface area (Å²) < 4.78 is 27.3. The summed E-state index contributed by atoms with van der Waals surface area (Å²) in [6.45, 7) is 5.63. The van der Waals surface area contributed by atoms with E-state index in [4.69, 9.17) is 0 Å². The van der Waals surface area contributed by atoms with Crippen LogP contribution in [0.25, 0.3) is 0 Å². The van der Waals surface area contributed by atoms with Crippen LogP contribution in [0.4, 0.5) is 0 Å². The molecule has 0 bridgehead atoms. The number of fused-ring (bicyclic) bond motifs is 1. The third-order valence-corrected chi connectivity index (χ3v) is 6.63. The molecule has 3 rings (SSSR count). The number of carbonyl (C=O) groups is 2. The van der Waals surface area contributed by atoms with Gasteiger partial charge in [0.1, 0.15) is 12.1 Å². The summed E-state index contributed by atoms with van der Waals surface area (Å²) in [4.78, 5) is 26.1. The molecule has 0 spiro atoms. The molecule has 1 aromatic rings. The maximum absolute atomic E-state index is 13.0. The number of aryl methyl sites for hydroxylation is 2. The first-order valence-electron chi connectivity index (χ1n) is 7.90. The normalized spacial score (nSPS) is 25.4. The Kier molecular flexibility index (Phi) is 4.13. The van der Waals surface area contributed by atoms with Crippen LogP contribution in [-0.2, 0) is 19.6 Å². The van der Waals surface area contributed by atoms with E-state index in [0.29, 0.717) is 5.56 Å². The summed E-state index contributed by atoms with van der Waals surface area (Å²) in [7, 11) is -3.70. The first-order valence-corrected chi connectivity index (χ1v) is 9.34. The number of rotatable bonds is 2. The summed E-state index contributed by atoms with van der Waals surface area (Å²) in [5.74, 6) is -0.466. The molecule has 2 amide bonds. The van der Waals surface area contributed by atoms with E-state index in [-0.39, 0.29) is 36.3 Å². The first kappa shape index (κ1) is 16.9. The van der Waals surface area contributed by atoms with Gasteiger partial charge in [0.25, 0.3) is 0 Å². The lowest BCUT2D eigenvalue weighted by atomic mass is 10.1. The number of benzene rings is 1. The number of amides is 2. The predicted octanol–water partition coefficient (Wildman–Crippen LogP) is 0.0232. The van der Waals surface area contributed by atoms with E-state index in [1.807, 2.05) is 13.0 Å². The van der Waals surface area contributed by atoms with Crippen molar-refractivity contribution in [2.45, 2.75) is 37.8 Å². The minimum absolute atomic E-state index is 0.0139. The fourth-order valence-corrected chi connectivity index (χ4v) is 4.96. The smallest absolute Gasteiger partial charge is 0.245 e. The minimum atomic E-state index is -3.70. The molecule has 2 saturated heterocycles. The molecule has 2 aliphatic rings. The summed E-state index contributed by atoms with van der Waals surface area (Å²) in [6, 6.07) is 3.96. The zero-order valence-corrected chi connectivity index (χ0v) is 14.8. The van der Waals surface area contributed by atoms with Gasteiger partial charge in [0, 0.05) is 19.6 Å². The molecule has 8 heteroatoms. The third kappa shape index (κ3) is 2.69. The molecule has 0 aliphatic carbocycles. The molecular formula is C16H21N3O4S. The van der Waals surface area contributed by atoms with Crippen LogP contribution in [0.2, 0.25) is 0 Å². The fraction of sp³-hybridized carbons (Fsp3) is 0.500. The zero-order chi connectivity index (χ0) is 17.6. The minimum Gasteiger partial charge on any atom is -0.343 e. The highest BCUT2D eigenvalue weighted by Crippen LogP contribution is 2.25. The fourth-order valence-electron chi connectivity index (χ4n) is 3.21. The van der Waals surface area contributed by atoms with Gasteiger partial charge in [-0.3, -0.25) is 9.59 Å². The molecule has 24 heavy (non-hydrogen) atoms. The van der Waals surface area contributed by atoms with Gasteiger partial charge < -0.3 is 10.2 Å². The summed E-state index contributed by atoms with van der Waals surface area (Å²) in [6.07, 6.45) is 0. The van der Waals surface area contributed by atoms with Gasteiger partial charge in [0.2, 0.25) is 21.8 Å². The topological polar surface area (TPSA) is 86.8 Å². The van der Waals surface area contributed by atoms with Crippen molar-refractivity contribution in [2.24, 2.45) is 0 Å². The van der Waals surface area contributed by atoms with Gasteiger partial charge in [-0.25, -0.2) is 8.42 Å². The van der Waals surface area contributed by atoms with Crippen LogP contribution in [-0.4, -0.2) is 61.2 Å². The molecule has 2 aliphatic heterocycles. The van der Waals surface area contributed by atoms with Crippen LogP contribution in [0.1, 0.15) is 18.1 Å². The highest BCUT2D eigenvalue weighted by atomic mass is 32.2. The molecular weight excluding hydrogens is 330 g/mol. The number of sulfonamides is 1. The van der Waals surface area contributed by atoms with Gasteiger partial charge in [-0.2, -0.15) is 4.31 Å². The van der Waals surface area contributed by atoms with Gasteiger partial charge >= 0.3 is 0 Å². The SMILES string of the molecule is Cc1ccc(C)c(S(=O)(=O)N2CCN3C(=O)[C@@H](C)NC(=O)[C@H]3C2)c1. The molecule has 2 atom stereocenters. The van der Waals surface area contributed by atoms with E-state index in [1.54, 1.807) is 26.0 Å². The maximum atomic E-state index is 13.0. The summed E-state index contributed by atoms with van der Waals surface area (Å²) in [5.41, 5.74) is 1.53. The van der Waals surface area contributed by atoms with Crippen molar-refractivity contribution in [2.75, 3.05) is 19.6 Å². The average Bonchev–Trinajstić information content (AvgIpc) is 2.54. The Hall–Kier alpha value is -1.93. The molecule has 0 radical (unpaired) electrons. The number of hydrogen-bond acceptors (Lipinski definition) is 4. The Morgan fingerprint density at radius 2 is 1.88 bits per heavy atom. The highest BCUT2D eigenvalue weighted by Gasteiger charge is 2.44. The molecule has 0 unspecified atom stereocenters. The van der Waals surface area contributed by atoms with E-state index in [9.17, 15) is 18.0 Å². The lowest BCUT2D eigenvalue weighted by Gasteiger charge is -2.44. The van der Waals surface area contributed by atoms with Gasteiger partial charge in [0.05, 0.1) is 4.90 Å². The van der Waals surface area contributed by atoms with E-state index >= 15 is 0 Å². The predicted molar refractivity (Wildman–Crippen MR) is 87.8 cm³/mol. The van der Waals surface area contributed by atoms with Crippen molar-refractivity contribution in [3.05, 3.63) is 29.3 Å². The van der Waals surface area contributed by atoms with Crippen LogP contribution < -0.4 is 5.32 Å². The molecule has 1 N–H and O–H groups in total. The van der Waals surface area contributed by atoms with Crippen LogP contribution >= 0.6 is 0 Å². The largest absolute Gasteiger partial charge is 0.343 e. The Morgan fingerprint density at radius 3 is 2.58 bits per heavy atom. The monoisotopic (exact) mass is 351 g/mol. The lowest BCUT2D eigenvalue weighted by molar-refractivity contribution is -0.151. The quantitative estimate of drug-likeness (QED) is 0.814. The van der Waals surface area contributed by atoms with Crippen molar-refractivity contribution < 1.29 is 18.0 Å². The Bertz CT molecular complexity index is 806. The maximum Gasteiger partial charge on any atom is 0.245 e. The van der Waals surface area contributed by atoms with Gasteiger partial charge in [0.15, 0.2) is 0 Å². The van der Waals surface area contributed by atoms with Crippen molar-refractivity contribution in [3.8, 4) is 0 Å². The number of hydrogen-bond donors (Lipinski definition) is 1. The van der Waals surface area contributed by atoms with Crippen LogP contribution in [0.3, 0.4) is 0 Å². The molecule has 1 aromatic carbocycles. The van der Waals surface area contributed by atoms with E-state index in [0.717, 1.165) is 5.56 Å². The number of carbonyl (C=O) groups excluding carboxylic acids is 2. The van der Waals surface area contributed by atoms with E-state index in [2.05, 4.69) is 5.32 Å². The second-order valence-electron chi connectivity index (χ2n) is 6.41. The zero-order valence-electron chi connectivity index (χ0n) is 13.9. The molecule has 0 aromatic heterocycles. The standard InChI is InChI=1S/C16H21N3O4S/c1-10-4-5-11(2)14(8-10)24(22,23)18-6-7-19-13(9-18)15(20)17-12(3)16(19)21/h4-5,8,12-13H,6-7,9H2,1-3H3,(H,17,20)/t12-,13-/m1/s1. The highest BCUT2D eigenvalue weighted by molar-refractivity contribution is 7.89. The molecule has 2 fully saturated rings. The van der Waals surface area contributed by atoms with Gasteiger partial charge in [-0.05, 0) is 38.0 Å². The van der Waals surface area contributed by atoms with Crippen molar-refractivity contribution in [1.29, 1.82) is 0 Å². The van der Waals surface area contributed by atoms with Crippen molar-refractivity contribution >= 4 is 21.8 Å². The first-order chi connectivity index (χ1) is 11.2. The van der Waals surface area contributed by atoms with Crippen molar-refractivity contribution in [1.82, 2.24) is 14.5 Å². The molecule has 7 nitrogen and oxygen atoms in total. The van der Waals surface area contributed by atoms with Crippen LogP contribution in [0.15, 0.2) is 23.1 Å². The second-order valence-corrected chi connectivity index (χ2v) is 8.32. The number of nitrogens with zero attached hydrogens (tertiary/aromatic N) is 2. The van der Waals surface area contributed by atoms with Crippen LogP contribution in [0.5, 0.6) is 0 Å². The Labute approximate surface area is 141 Å². The van der Waals surface area contributed by atoms with Gasteiger partial charge in [-0.15, -0.1) is 0 Å². The van der Waals surface area contributed by atoms with E-state index in [1.165, 1.54) is 9.21 Å². The lowest BCUT2D eigenvalue weighted by Crippen LogP contribution is -2.69. The molecule has 0 saturated carbocycles. The summed E-state index contributed by atoms with van der Waals surface area (Å²) in [5, 5.41) is 2.61. The summed E-state index contributed by atoms with van der Waals surface area (Å²) >= 11 is 0. The Morgan fingerprint density at radius 1 is 1.17 bits per heavy atom. The van der Waals surface area contributed by atoms with Gasteiger partial charge in [-0.1, -0.05) is 12.1 Å². The number of piperazine rings is 2. The average molecular weight is 351 g/mol. The van der Waals surface area contributed by atoms with Crippen LogP contribution in [0, 0.1) is 13.8 Å². The second kappa shape index (κ2) is 5.86. The Balaban J connectivity index is 1.90.